The predicted molar refractivity (Wildman–Crippen MR) is 52.2 cm³/mol. The zero-order valence-electron chi connectivity index (χ0n) is 8.08. The quantitative estimate of drug-likeness (QED) is 0.670. The molecule has 0 saturated heterocycles. The SMILES string of the molecule is COc1ccc2c(c1C=O)CCCO2. The van der Waals surface area contributed by atoms with Crippen LogP contribution in [0.4, 0.5) is 0 Å². The predicted octanol–water partition coefficient (Wildman–Crippen LogP) is 1.83. The van der Waals surface area contributed by atoms with Crippen molar-refractivity contribution in [1.29, 1.82) is 0 Å². The summed E-state index contributed by atoms with van der Waals surface area (Å²) in [6.07, 6.45) is 2.69. The maximum absolute atomic E-state index is 10.9. The summed E-state index contributed by atoms with van der Waals surface area (Å²) in [4.78, 5) is 10.9. The van der Waals surface area contributed by atoms with Crippen LogP contribution in [-0.2, 0) is 6.42 Å². The van der Waals surface area contributed by atoms with Gasteiger partial charge in [-0.25, -0.2) is 0 Å². The molecular weight excluding hydrogens is 180 g/mol. The first-order chi connectivity index (χ1) is 6.86. The lowest BCUT2D eigenvalue weighted by molar-refractivity contribution is 0.111. The maximum Gasteiger partial charge on any atom is 0.154 e. The summed E-state index contributed by atoms with van der Waals surface area (Å²) in [5.41, 5.74) is 1.61. The van der Waals surface area contributed by atoms with Crippen LogP contribution in [0.15, 0.2) is 12.1 Å². The van der Waals surface area contributed by atoms with Crippen molar-refractivity contribution in [1.82, 2.24) is 0 Å². The second kappa shape index (κ2) is 3.70. The van der Waals surface area contributed by atoms with E-state index in [0.717, 1.165) is 37.0 Å². The second-order valence-electron chi connectivity index (χ2n) is 3.23. The monoisotopic (exact) mass is 192 g/mol. The zero-order chi connectivity index (χ0) is 9.97. The Morgan fingerprint density at radius 3 is 3.07 bits per heavy atom. The first-order valence-electron chi connectivity index (χ1n) is 4.64. The van der Waals surface area contributed by atoms with Gasteiger partial charge in [0.25, 0.3) is 0 Å². The molecule has 0 radical (unpaired) electrons. The van der Waals surface area contributed by atoms with Crippen molar-refractivity contribution in [2.24, 2.45) is 0 Å². The van der Waals surface area contributed by atoms with E-state index in [2.05, 4.69) is 0 Å². The highest BCUT2D eigenvalue weighted by molar-refractivity contribution is 5.83. The second-order valence-corrected chi connectivity index (χ2v) is 3.23. The Labute approximate surface area is 82.6 Å². The standard InChI is InChI=1S/C11H12O3/c1-13-10-4-5-11-8(9(10)7-12)3-2-6-14-11/h4-5,7H,2-3,6H2,1H3. The van der Waals surface area contributed by atoms with E-state index in [1.807, 2.05) is 6.07 Å². The summed E-state index contributed by atoms with van der Waals surface area (Å²) in [7, 11) is 1.57. The van der Waals surface area contributed by atoms with Gasteiger partial charge >= 0.3 is 0 Å². The minimum atomic E-state index is 0.629. The van der Waals surface area contributed by atoms with Gasteiger partial charge in [0.2, 0.25) is 0 Å². The summed E-state index contributed by atoms with van der Waals surface area (Å²) in [6.45, 7) is 0.734. The molecule has 3 nitrogen and oxygen atoms in total. The van der Waals surface area contributed by atoms with Crippen LogP contribution in [0.3, 0.4) is 0 Å². The molecular formula is C11H12O3. The highest BCUT2D eigenvalue weighted by Crippen LogP contribution is 2.32. The summed E-state index contributed by atoms with van der Waals surface area (Å²) in [6, 6.07) is 3.63. The number of carbonyl (C=O) groups is 1. The van der Waals surface area contributed by atoms with Crippen LogP contribution in [0.5, 0.6) is 11.5 Å². The average molecular weight is 192 g/mol. The van der Waals surface area contributed by atoms with Gasteiger partial charge in [-0.2, -0.15) is 0 Å². The Kier molecular flexibility index (Phi) is 2.39. The molecule has 1 heterocycles. The van der Waals surface area contributed by atoms with Gasteiger partial charge in [0, 0.05) is 5.56 Å². The van der Waals surface area contributed by atoms with E-state index >= 15 is 0 Å². The summed E-state index contributed by atoms with van der Waals surface area (Å²) in [5.74, 6) is 1.45. The lowest BCUT2D eigenvalue weighted by atomic mass is 10.00. The van der Waals surface area contributed by atoms with Gasteiger partial charge in [-0.1, -0.05) is 0 Å². The van der Waals surface area contributed by atoms with Crippen LogP contribution in [-0.4, -0.2) is 20.0 Å². The number of aldehydes is 1. The van der Waals surface area contributed by atoms with Crippen LogP contribution in [0, 0.1) is 0 Å². The van der Waals surface area contributed by atoms with Gasteiger partial charge in [0.15, 0.2) is 6.29 Å². The highest BCUT2D eigenvalue weighted by Gasteiger charge is 2.17. The third-order valence-corrected chi connectivity index (χ3v) is 2.44. The molecule has 1 aliphatic rings. The van der Waals surface area contributed by atoms with Crippen molar-refractivity contribution in [3.63, 3.8) is 0 Å². The molecule has 74 valence electrons. The highest BCUT2D eigenvalue weighted by atomic mass is 16.5. The van der Waals surface area contributed by atoms with Gasteiger partial charge < -0.3 is 9.47 Å². The molecule has 14 heavy (non-hydrogen) atoms. The van der Waals surface area contributed by atoms with Crippen LogP contribution in [0.25, 0.3) is 0 Å². The fourth-order valence-corrected chi connectivity index (χ4v) is 1.75. The molecule has 0 amide bonds. The summed E-state index contributed by atoms with van der Waals surface area (Å²) < 4.78 is 10.6. The first kappa shape index (κ1) is 9.06. The van der Waals surface area contributed by atoms with E-state index < -0.39 is 0 Å². The lowest BCUT2D eigenvalue weighted by Gasteiger charge is -2.19. The van der Waals surface area contributed by atoms with Crippen LogP contribution in [0.2, 0.25) is 0 Å². The number of methoxy groups -OCH3 is 1. The van der Waals surface area contributed by atoms with Gasteiger partial charge in [-0.15, -0.1) is 0 Å². The van der Waals surface area contributed by atoms with Gasteiger partial charge in [-0.3, -0.25) is 4.79 Å². The summed E-state index contributed by atoms with van der Waals surface area (Å²) >= 11 is 0. The van der Waals surface area contributed by atoms with E-state index in [4.69, 9.17) is 9.47 Å². The molecule has 0 aliphatic carbocycles. The van der Waals surface area contributed by atoms with Gasteiger partial charge in [0.05, 0.1) is 19.3 Å². The molecule has 0 saturated carbocycles. The Morgan fingerprint density at radius 1 is 1.50 bits per heavy atom. The maximum atomic E-state index is 10.9. The minimum absolute atomic E-state index is 0.629. The average Bonchev–Trinajstić information content (AvgIpc) is 2.27. The third-order valence-electron chi connectivity index (χ3n) is 2.44. The lowest BCUT2D eigenvalue weighted by Crippen LogP contribution is -2.11. The topological polar surface area (TPSA) is 35.5 Å². The first-order valence-corrected chi connectivity index (χ1v) is 4.64. The van der Waals surface area contributed by atoms with Crippen molar-refractivity contribution in [3.05, 3.63) is 23.3 Å². The molecule has 1 aromatic carbocycles. The molecule has 1 aliphatic heterocycles. The molecule has 0 aromatic heterocycles. The van der Waals surface area contributed by atoms with Gasteiger partial charge in [0.1, 0.15) is 11.5 Å². The summed E-state index contributed by atoms with van der Waals surface area (Å²) in [5, 5.41) is 0. The number of hydrogen-bond donors (Lipinski definition) is 0. The minimum Gasteiger partial charge on any atom is -0.496 e. The van der Waals surface area contributed by atoms with E-state index in [1.54, 1.807) is 13.2 Å². The molecule has 0 fully saturated rings. The molecule has 2 rings (SSSR count). The van der Waals surface area contributed by atoms with E-state index in [1.165, 1.54) is 0 Å². The fourth-order valence-electron chi connectivity index (χ4n) is 1.75. The van der Waals surface area contributed by atoms with Crippen LogP contribution < -0.4 is 9.47 Å². The van der Waals surface area contributed by atoms with E-state index in [9.17, 15) is 4.79 Å². The molecule has 1 aromatic rings. The van der Waals surface area contributed by atoms with Crippen molar-refractivity contribution in [2.45, 2.75) is 12.8 Å². The molecule has 0 spiro atoms. The molecule has 0 unspecified atom stereocenters. The fraction of sp³-hybridized carbons (Fsp3) is 0.364. The number of fused-ring (bicyclic) bond motifs is 1. The molecule has 3 heteroatoms. The third kappa shape index (κ3) is 1.35. The number of hydrogen-bond acceptors (Lipinski definition) is 3. The smallest absolute Gasteiger partial charge is 0.154 e. The number of ether oxygens (including phenoxy) is 2. The van der Waals surface area contributed by atoms with Crippen molar-refractivity contribution in [3.8, 4) is 11.5 Å². The van der Waals surface area contributed by atoms with E-state index in [0.29, 0.717) is 11.3 Å². The van der Waals surface area contributed by atoms with Crippen molar-refractivity contribution < 1.29 is 14.3 Å². The molecule has 0 atom stereocenters. The largest absolute Gasteiger partial charge is 0.496 e. The Balaban J connectivity index is 2.55. The van der Waals surface area contributed by atoms with Crippen LogP contribution >= 0.6 is 0 Å². The Bertz CT molecular complexity index is 358. The van der Waals surface area contributed by atoms with Crippen molar-refractivity contribution >= 4 is 6.29 Å². The van der Waals surface area contributed by atoms with Crippen molar-refractivity contribution in [2.75, 3.05) is 13.7 Å². The zero-order valence-corrected chi connectivity index (χ0v) is 8.08. The Hall–Kier alpha value is -1.51. The van der Waals surface area contributed by atoms with E-state index in [-0.39, 0.29) is 0 Å². The number of carbonyl (C=O) groups excluding carboxylic acids is 1. The Morgan fingerprint density at radius 2 is 2.36 bits per heavy atom. The normalized spacial score (nSPS) is 14.1. The number of rotatable bonds is 2. The van der Waals surface area contributed by atoms with Gasteiger partial charge in [-0.05, 0) is 25.0 Å². The van der Waals surface area contributed by atoms with Crippen LogP contribution in [0.1, 0.15) is 22.3 Å². The number of benzene rings is 1. The molecule has 0 N–H and O–H groups in total. The molecule has 0 bridgehead atoms.